The molecule has 0 radical (unpaired) electrons. The Labute approximate surface area is 374 Å². The number of methoxy groups -OCH3 is 2. The van der Waals surface area contributed by atoms with Crippen LogP contribution in [0.3, 0.4) is 0 Å². The van der Waals surface area contributed by atoms with Gasteiger partial charge in [-0.05, 0) is 64.9 Å². The van der Waals surface area contributed by atoms with Crippen molar-refractivity contribution in [3.8, 4) is 23.3 Å². The lowest BCUT2D eigenvalue weighted by atomic mass is 9.80. The smallest absolute Gasteiger partial charge is 0.221 e. The number of nitrogens with one attached hydrogen (secondary N) is 1. The van der Waals surface area contributed by atoms with E-state index in [0.29, 0.717) is 51.3 Å². The molecular formula is C51H44N6O8. The third-order valence-corrected chi connectivity index (χ3v) is 11.8. The number of imidazole rings is 1. The second-order valence-electron chi connectivity index (χ2n) is 15.6. The maximum absolute atomic E-state index is 13.2. The van der Waals surface area contributed by atoms with Gasteiger partial charge in [-0.3, -0.25) is 19.0 Å². The van der Waals surface area contributed by atoms with Gasteiger partial charge in [0, 0.05) is 35.1 Å². The highest BCUT2D eigenvalue weighted by atomic mass is 16.6. The highest BCUT2D eigenvalue weighted by molar-refractivity contribution is 6.28. The molecule has 4 N–H and O–H groups in total. The molecule has 14 heteroatoms. The van der Waals surface area contributed by atoms with Gasteiger partial charge >= 0.3 is 0 Å². The molecule has 3 unspecified atom stereocenters. The van der Waals surface area contributed by atoms with Crippen LogP contribution in [0.1, 0.15) is 79.0 Å². The van der Waals surface area contributed by atoms with Crippen LogP contribution in [0.15, 0.2) is 128 Å². The number of carbonyl (C=O) groups is 3. The highest BCUT2D eigenvalue weighted by Gasteiger charge is 2.43. The number of benzene rings is 5. The van der Waals surface area contributed by atoms with Crippen LogP contribution in [0, 0.1) is 11.8 Å². The number of nitrogen functional groups attached to an aromatic ring is 1. The number of nitrogens with zero attached hydrogens (tertiary/aromatic N) is 4. The number of hydrogen-bond donors (Lipinski definition) is 3. The fourth-order valence-electron chi connectivity index (χ4n) is 8.51. The van der Waals surface area contributed by atoms with Gasteiger partial charge in [-0.15, -0.1) is 0 Å². The number of rotatable bonds is 13. The molecule has 1 amide bonds. The fourth-order valence-corrected chi connectivity index (χ4v) is 8.51. The molecule has 65 heavy (non-hydrogen) atoms. The first-order chi connectivity index (χ1) is 31.7. The molecule has 3 atom stereocenters. The van der Waals surface area contributed by atoms with Crippen molar-refractivity contribution >= 4 is 34.5 Å². The predicted molar refractivity (Wildman–Crippen MR) is 240 cm³/mol. The Bertz CT molecular complexity index is 2930. The number of aliphatic hydroxyl groups excluding tert-OH is 1. The molecule has 1 aliphatic carbocycles. The Morgan fingerprint density at radius 3 is 2.11 bits per heavy atom. The maximum Gasteiger partial charge on any atom is 0.221 e. The quantitative estimate of drug-likeness (QED) is 0.0913. The number of ether oxygens (including phenoxy) is 4. The molecule has 0 saturated carbocycles. The first-order valence-electron chi connectivity index (χ1n) is 21.1. The zero-order valence-electron chi connectivity index (χ0n) is 35.6. The summed E-state index contributed by atoms with van der Waals surface area (Å²) in [7, 11) is 3.23. The lowest BCUT2D eigenvalue weighted by molar-refractivity contribution is -0.120. The number of aliphatic hydroxyl groups is 1. The zero-order valence-corrected chi connectivity index (χ0v) is 35.6. The van der Waals surface area contributed by atoms with Gasteiger partial charge in [0.25, 0.3) is 0 Å². The van der Waals surface area contributed by atoms with Gasteiger partial charge in [0.2, 0.25) is 5.91 Å². The Balaban J connectivity index is 0.917. The van der Waals surface area contributed by atoms with Gasteiger partial charge in [0.05, 0.1) is 33.5 Å². The van der Waals surface area contributed by atoms with Gasteiger partial charge in [0.1, 0.15) is 35.8 Å². The standard InChI is InChI=1S/C51H44N6O8/c1-62-35-20-16-33(17-21-35)51(32-9-4-3-5-10-32,34-18-22-36(63-2)23-19-34)64-29-42-41(58)28-45(65-42)57-43(56-46-49(52)54-30-55-50(46)57)13-8-26-53-44(59)25-15-31-14-24-39-40(27-31)48(61)38-12-7-6-11-37(38)47(39)60/h3-7,9-12,14,16-24,27,30,41-42,45,58H,15,25-26,28-29H2,1-2H3,(H,53,59)(H2,52,54,55). The zero-order chi connectivity index (χ0) is 45.1. The predicted octanol–water partition coefficient (Wildman–Crippen LogP) is 5.96. The van der Waals surface area contributed by atoms with E-state index in [2.05, 4.69) is 32.1 Å². The van der Waals surface area contributed by atoms with E-state index < -0.39 is 24.0 Å². The first kappa shape index (κ1) is 42.6. The van der Waals surface area contributed by atoms with Gasteiger partial charge in [-0.2, -0.15) is 0 Å². The first-order valence-corrected chi connectivity index (χ1v) is 21.1. The minimum absolute atomic E-state index is 0.0000616. The van der Waals surface area contributed by atoms with Crippen LogP contribution < -0.4 is 20.5 Å². The summed E-state index contributed by atoms with van der Waals surface area (Å²) in [6, 6.07) is 37.1. The third kappa shape index (κ3) is 8.20. The molecule has 1 aliphatic heterocycles. The van der Waals surface area contributed by atoms with Crippen molar-refractivity contribution in [1.29, 1.82) is 0 Å². The van der Waals surface area contributed by atoms with Crippen molar-refractivity contribution in [3.63, 3.8) is 0 Å². The molecule has 5 aromatic carbocycles. The molecule has 3 heterocycles. The topological polar surface area (TPSA) is 190 Å². The van der Waals surface area contributed by atoms with Crippen molar-refractivity contribution in [2.24, 2.45) is 0 Å². The Kier molecular flexibility index (Phi) is 11.9. The van der Waals surface area contributed by atoms with Gasteiger partial charge in [-0.25, -0.2) is 15.0 Å². The molecule has 2 aromatic heterocycles. The summed E-state index contributed by atoms with van der Waals surface area (Å²) >= 11 is 0. The summed E-state index contributed by atoms with van der Waals surface area (Å²) in [5, 5.41) is 14.4. The number of aromatic nitrogens is 4. The number of ketones is 2. The van der Waals surface area contributed by atoms with E-state index in [-0.39, 0.29) is 55.1 Å². The maximum atomic E-state index is 13.2. The van der Waals surface area contributed by atoms with E-state index >= 15 is 0 Å². The lowest BCUT2D eigenvalue weighted by Gasteiger charge is -2.37. The number of nitrogens with two attached hydrogens (primary N) is 1. The van der Waals surface area contributed by atoms with Crippen molar-refractivity contribution < 1.29 is 38.4 Å². The van der Waals surface area contributed by atoms with Crippen molar-refractivity contribution in [1.82, 2.24) is 24.8 Å². The minimum Gasteiger partial charge on any atom is -0.497 e. The van der Waals surface area contributed by atoms with Crippen LogP contribution in [0.2, 0.25) is 0 Å². The summed E-state index contributed by atoms with van der Waals surface area (Å²) in [6.45, 7) is -0.0185. The summed E-state index contributed by atoms with van der Waals surface area (Å²) in [5.74, 6) is 7.13. The lowest BCUT2D eigenvalue weighted by Crippen LogP contribution is -2.38. The summed E-state index contributed by atoms with van der Waals surface area (Å²) < 4.78 is 26.3. The minimum atomic E-state index is -1.14. The van der Waals surface area contributed by atoms with E-state index in [0.717, 1.165) is 22.3 Å². The molecule has 14 nitrogen and oxygen atoms in total. The average Bonchev–Trinajstić information content (AvgIpc) is 3.91. The molecule has 0 bridgehead atoms. The number of fused-ring (bicyclic) bond motifs is 3. The van der Waals surface area contributed by atoms with Crippen LogP contribution in [0.4, 0.5) is 5.82 Å². The number of carbonyl (C=O) groups excluding carboxylic acids is 3. The summed E-state index contributed by atoms with van der Waals surface area (Å²) in [4.78, 5) is 52.4. The van der Waals surface area contributed by atoms with Crippen LogP contribution >= 0.6 is 0 Å². The highest BCUT2D eigenvalue weighted by Crippen LogP contribution is 2.43. The summed E-state index contributed by atoms with van der Waals surface area (Å²) in [6.07, 6.45) is -0.551. The Morgan fingerprint density at radius 2 is 1.45 bits per heavy atom. The second-order valence-corrected chi connectivity index (χ2v) is 15.6. The monoisotopic (exact) mass is 868 g/mol. The van der Waals surface area contributed by atoms with Gasteiger partial charge < -0.3 is 35.1 Å². The molecule has 0 spiro atoms. The second kappa shape index (κ2) is 18.2. The van der Waals surface area contributed by atoms with E-state index in [9.17, 15) is 19.5 Å². The fraction of sp³-hybridized carbons (Fsp3) is 0.216. The molecule has 7 aromatic rings. The number of amides is 1. The van der Waals surface area contributed by atoms with Gasteiger partial charge in [0.15, 0.2) is 34.4 Å². The van der Waals surface area contributed by atoms with Gasteiger partial charge in [-0.1, -0.05) is 96.9 Å². The normalized spacial score (nSPS) is 16.6. The van der Waals surface area contributed by atoms with E-state index in [1.165, 1.54) is 6.33 Å². The number of aryl methyl sites for hydroxylation is 1. The van der Waals surface area contributed by atoms with Crippen molar-refractivity contribution in [2.75, 3.05) is 33.1 Å². The van der Waals surface area contributed by atoms with E-state index in [4.69, 9.17) is 24.7 Å². The number of hydrogen-bond acceptors (Lipinski definition) is 12. The van der Waals surface area contributed by atoms with Crippen LogP contribution in [0.5, 0.6) is 11.5 Å². The molecule has 9 rings (SSSR count). The molecule has 326 valence electrons. The molecule has 1 saturated heterocycles. The molecular weight excluding hydrogens is 825 g/mol. The SMILES string of the molecule is COc1ccc(C(OCC2OC(n3c(C#CCNC(=O)CCc4ccc5c(c4)C(=O)c4ccccc4C5=O)nc4c(N)ncnc43)CC2O)(c2ccccc2)c2ccc(OC)cc2)cc1. The van der Waals surface area contributed by atoms with Crippen LogP contribution in [0.25, 0.3) is 11.2 Å². The van der Waals surface area contributed by atoms with E-state index in [1.807, 2.05) is 78.9 Å². The largest absolute Gasteiger partial charge is 0.497 e. The molecule has 1 fully saturated rings. The average molecular weight is 869 g/mol. The van der Waals surface area contributed by atoms with Crippen LogP contribution in [-0.2, 0) is 26.3 Å². The molecule has 2 aliphatic rings. The third-order valence-electron chi connectivity index (χ3n) is 11.8. The van der Waals surface area contributed by atoms with Crippen molar-refractivity contribution in [3.05, 3.63) is 178 Å². The Hall–Kier alpha value is -7.70. The summed E-state index contributed by atoms with van der Waals surface area (Å²) in [5.41, 5.74) is 10.5. The van der Waals surface area contributed by atoms with E-state index in [1.54, 1.807) is 61.3 Å². The Morgan fingerprint density at radius 1 is 0.831 bits per heavy atom. The van der Waals surface area contributed by atoms with Crippen molar-refractivity contribution in [2.45, 2.75) is 43.3 Å². The van der Waals surface area contributed by atoms with Crippen LogP contribution in [-0.4, -0.2) is 81.7 Å². The number of anilines is 1.